The maximum atomic E-state index is 11.9. The van der Waals surface area contributed by atoms with Crippen molar-refractivity contribution in [2.75, 3.05) is 6.54 Å². The van der Waals surface area contributed by atoms with E-state index in [1.165, 1.54) is 11.8 Å². The lowest BCUT2D eigenvalue weighted by Crippen LogP contribution is -2.27. The summed E-state index contributed by atoms with van der Waals surface area (Å²) >= 11 is 12.5. The summed E-state index contributed by atoms with van der Waals surface area (Å²) in [4.78, 5) is 14.2. The van der Waals surface area contributed by atoms with Gasteiger partial charge in [-0.15, -0.1) is 0 Å². The zero-order valence-electron chi connectivity index (χ0n) is 10.3. The van der Waals surface area contributed by atoms with Crippen LogP contribution in [0.2, 0.25) is 5.02 Å². The Kier molecular flexibility index (Phi) is 4.80. The van der Waals surface area contributed by atoms with Crippen LogP contribution in [-0.4, -0.2) is 21.7 Å². The Bertz CT molecular complexity index is 581. The van der Waals surface area contributed by atoms with E-state index in [2.05, 4.69) is 0 Å². The first-order chi connectivity index (χ1) is 9.13. The third-order valence-electron chi connectivity index (χ3n) is 2.62. The van der Waals surface area contributed by atoms with E-state index >= 15 is 0 Å². The van der Waals surface area contributed by atoms with Gasteiger partial charge >= 0.3 is 0 Å². The molecule has 0 atom stereocenters. The quantitative estimate of drug-likeness (QED) is 0.619. The number of benzene rings is 1. The highest BCUT2D eigenvalue weighted by Gasteiger charge is 2.29. The summed E-state index contributed by atoms with van der Waals surface area (Å²) in [5, 5.41) is 0.688. The molecule has 0 spiro atoms. The molecule has 0 aliphatic carbocycles. The smallest absolute Gasteiger partial charge is 0.266 e. The third kappa shape index (κ3) is 3.26. The first-order valence-electron chi connectivity index (χ1n) is 5.80. The molecule has 98 valence electrons. The maximum absolute atomic E-state index is 11.9. The van der Waals surface area contributed by atoms with Gasteiger partial charge in [-0.3, -0.25) is 9.69 Å². The lowest BCUT2D eigenvalue weighted by molar-refractivity contribution is -0.122. The summed E-state index contributed by atoms with van der Waals surface area (Å²) in [5.41, 5.74) is 0.923. The minimum atomic E-state index is -0.0266. The van der Waals surface area contributed by atoms with Crippen LogP contribution in [0.1, 0.15) is 12.5 Å². The Morgan fingerprint density at radius 3 is 2.79 bits per heavy atom. The van der Waals surface area contributed by atoms with Crippen LogP contribution in [-0.2, 0) is 4.79 Å². The SMILES string of the molecule is CCN1C(=O)C(=CC=Cc2ccccc2Cl)SC1=S. The molecule has 1 aliphatic rings. The summed E-state index contributed by atoms with van der Waals surface area (Å²) in [6, 6.07) is 7.55. The molecule has 0 radical (unpaired) electrons. The summed E-state index contributed by atoms with van der Waals surface area (Å²) in [7, 11) is 0. The zero-order valence-corrected chi connectivity index (χ0v) is 12.7. The molecule has 2 rings (SSSR count). The first kappa shape index (κ1) is 14.3. The molecule has 1 fully saturated rings. The Labute approximate surface area is 127 Å². The van der Waals surface area contributed by atoms with Crippen LogP contribution < -0.4 is 0 Å². The second kappa shape index (κ2) is 6.37. The van der Waals surface area contributed by atoms with E-state index in [9.17, 15) is 4.79 Å². The van der Waals surface area contributed by atoms with E-state index in [1.807, 2.05) is 43.3 Å². The van der Waals surface area contributed by atoms with Gasteiger partial charge in [0.1, 0.15) is 4.32 Å². The number of nitrogens with zero attached hydrogens (tertiary/aromatic N) is 1. The van der Waals surface area contributed by atoms with Gasteiger partial charge in [0.05, 0.1) is 4.91 Å². The van der Waals surface area contributed by atoms with Crippen LogP contribution in [0.4, 0.5) is 0 Å². The first-order valence-corrected chi connectivity index (χ1v) is 7.40. The number of thioether (sulfide) groups is 1. The number of carbonyl (C=O) groups is 1. The number of rotatable bonds is 3. The van der Waals surface area contributed by atoms with Crippen LogP contribution >= 0.6 is 35.6 Å². The van der Waals surface area contributed by atoms with Crippen molar-refractivity contribution < 1.29 is 4.79 Å². The van der Waals surface area contributed by atoms with Crippen LogP contribution in [0.3, 0.4) is 0 Å². The van der Waals surface area contributed by atoms with Crippen molar-refractivity contribution in [2.45, 2.75) is 6.92 Å². The molecule has 19 heavy (non-hydrogen) atoms. The molecule has 0 saturated carbocycles. The summed E-state index contributed by atoms with van der Waals surface area (Å²) < 4.78 is 0.616. The molecule has 0 aromatic heterocycles. The molecule has 0 N–H and O–H groups in total. The standard InChI is InChI=1S/C14H12ClNOS2/c1-2-16-13(17)12(19-14(16)18)9-5-7-10-6-3-4-8-11(10)15/h3-9H,2H2,1H3. The van der Waals surface area contributed by atoms with Crippen LogP contribution in [0, 0.1) is 0 Å². The summed E-state index contributed by atoms with van der Waals surface area (Å²) in [6.45, 7) is 2.52. The fourth-order valence-corrected chi connectivity index (χ4v) is 3.17. The predicted octanol–water partition coefficient (Wildman–Crippen LogP) is 4.12. The van der Waals surface area contributed by atoms with Gasteiger partial charge in [-0.05, 0) is 24.6 Å². The number of allylic oxidation sites excluding steroid dienone is 2. The minimum Gasteiger partial charge on any atom is -0.293 e. The van der Waals surface area contributed by atoms with E-state index < -0.39 is 0 Å². The molecule has 1 saturated heterocycles. The fraction of sp³-hybridized carbons (Fsp3) is 0.143. The molecule has 1 amide bonds. The van der Waals surface area contributed by atoms with E-state index in [0.717, 1.165) is 5.56 Å². The van der Waals surface area contributed by atoms with E-state index in [1.54, 1.807) is 11.0 Å². The molecule has 1 aromatic carbocycles. The number of carbonyl (C=O) groups excluding carboxylic acids is 1. The third-order valence-corrected chi connectivity index (χ3v) is 4.36. The van der Waals surface area contributed by atoms with Gasteiger partial charge in [0.25, 0.3) is 5.91 Å². The summed E-state index contributed by atoms with van der Waals surface area (Å²) in [6.07, 6.45) is 5.47. The molecule has 5 heteroatoms. The van der Waals surface area contributed by atoms with Gasteiger partial charge in [-0.25, -0.2) is 0 Å². The number of hydrogen-bond donors (Lipinski definition) is 0. The largest absolute Gasteiger partial charge is 0.293 e. The van der Waals surface area contributed by atoms with Gasteiger partial charge in [0, 0.05) is 11.6 Å². The van der Waals surface area contributed by atoms with Gasteiger partial charge < -0.3 is 0 Å². The van der Waals surface area contributed by atoms with E-state index in [4.69, 9.17) is 23.8 Å². The fourth-order valence-electron chi connectivity index (χ4n) is 1.64. The molecule has 2 nitrogen and oxygen atoms in total. The van der Waals surface area contributed by atoms with Crippen LogP contribution in [0.25, 0.3) is 6.08 Å². The minimum absolute atomic E-state index is 0.0266. The topological polar surface area (TPSA) is 20.3 Å². The highest BCUT2D eigenvalue weighted by Crippen LogP contribution is 2.30. The normalized spacial score (nSPS) is 18.0. The average Bonchev–Trinajstić information content (AvgIpc) is 2.66. The van der Waals surface area contributed by atoms with Gasteiger partial charge in [-0.2, -0.15) is 0 Å². The van der Waals surface area contributed by atoms with Crippen LogP contribution in [0.15, 0.2) is 41.3 Å². The van der Waals surface area contributed by atoms with Gasteiger partial charge in [-0.1, -0.05) is 65.9 Å². The van der Waals surface area contributed by atoms with Crippen molar-refractivity contribution in [3.8, 4) is 0 Å². The highest BCUT2D eigenvalue weighted by molar-refractivity contribution is 8.26. The molecule has 1 aromatic rings. The lowest BCUT2D eigenvalue weighted by Gasteiger charge is -2.09. The van der Waals surface area contributed by atoms with Gasteiger partial charge in [0.2, 0.25) is 0 Å². The van der Waals surface area contributed by atoms with Crippen molar-refractivity contribution >= 4 is 51.9 Å². The molecule has 1 aliphatic heterocycles. The lowest BCUT2D eigenvalue weighted by atomic mass is 10.2. The Balaban J connectivity index is 2.14. The number of amides is 1. The van der Waals surface area contributed by atoms with Crippen molar-refractivity contribution in [1.29, 1.82) is 0 Å². The molecule has 1 heterocycles. The monoisotopic (exact) mass is 309 g/mol. The van der Waals surface area contributed by atoms with E-state index in [-0.39, 0.29) is 5.91 Å². The zero-order chi connectivity index (χ0) is 13.8. The van der Waals surface area contributed by atoms with Crippen molar-refractivity contribution in [1.82, 2.24) is 4.90 Å². The molecule has 0 bridgehead atoms. The number of thiocarbonyl (C=S) groups is 1. The Morgan fingerprint density at radius 1 is 1.42 bits per heavy atom. The van der Waals surface area contributed by atoms with Crippen molar-refractivity contribution in [3.63, 3.8) is 0 Å². The second-order valence-corrected chi connectivity index (χ2v) is 5.91. The van der Waals surface area contributed by atoms with E-state index in [0.29, 0.717) is 20.8 Å². The molecule has 0 unspecified atom stereocenters. The molecular formula is C14H12ClNOS2. The number of halogens is 1. The Morgan fingerprint density at radius 2 is 2.16 bits per heavy atom. The Hall–Kier alpha value is -1.10. The summed E-state index contributed by atoms with van der Waals surface area (Å²) in [5.74, 6) is -0.0266. The predicted molar refractivity (Wildman–Crippen MR) is 86.1 cm³/mol. The molecular weight excluding hydrogens is 298 g/mol. The van der Waals surface area contributed by atoms with Crippen molar-refractivity contribution in [3.05, 3.63) is 51.9 Å². The number of likely N-dealkylation sites (N-methyl/N-ethyl adjacent to an activating group) is 1. The maximum Gasteiger partial charge on any atom is 0.266 e. The van der Waals surface area contributed by atoms with Crippen molar-refractivity contribution in [2.24, 2.45) is 0 Å². The highest BCUT2D eigenvalue weighted by atomic mass is 35.5. The van der Waals surface area contributed by atoms with Crippen LogP contribution in [0.5, 0.6) is 0 Å². The average molecular weight is 310 g/mol. The van der Waals surface area contributed by atoms with Gasteiger partial charge in [0.15, 0.2) is 0 Å². The second-order valence-electron chi connectivity index (χ2n) is 3.83. The number of hydrogen-bond acceptors (Lipinski definition) is 3.